The first-order valence-electron chi connectivity index (χ1n) is 27.7. The topological polar surface area (TPSA) is 135 Å². The Hall–Kier alpha value is -1.85. The molecule has 1 fully saturated rings. The summed E-state index contributed by atoms with van der Waals surface area (Å²) in [6.07, 6.45) is 54.3. The van der Waals surface area contributed by atoms with Crippen LogP contribution in [0.5, 0.6) is 0 Å². The lowest BCUT2D eigenvalue weighted by molar-refractivity contribution is -0.305. The summed E-state index contributed by atoms with van der Waals surface area (Å²) in [4.78, 5) is 12.9. The van der Waals surface area contributed by atoms with E-state index in [1.165, 1.54) is 180 Å². The number of hydrogen-bond acceptors (Lipinski definition) is 9. The van der Waals surface area contributed by atoms with Crippen LogP contribution in [0.2, 0.25) is 0 Å². The van der Waals surface area contributed by atoms with Gasteiger partial charge in [-0.05, 0) is 77.0 Å². The Morgan fingerprint density at radius 1 is 0.485 bits per heavy atom. The minimum Gasteiger partial charge on any atom is -0.457 e. The largest absolute Gasteiger partial charge is 0.457 e. The van der Waals surface area contributed by atoms with Crippen LogP contribution in [0.3, 0.4) is 0 Å². The van der Waals surface area contributed by atoms with Crippen molar-refractivity contribution in [1.82, 2.24) is 0 Å². The molecule has 0 aromatic carbocycles. The van der Waals surface area contributed by atoms with E-state index in [0.29, 0.717) is 13.0 Å². The van der Waals surface area contributed by atoms with Gasteiger partial charge in [-0.25, -0.2) is 0 Å². The fourth-order valence-electron chi connectivity index (χ4n) is 8.38. The normalized spacial score (nSPS) is 19.6. The van der Waals surface area contributed by atoms with Gasteiger partial charge in [0, 0.05) is 13.0 Å². The number of esters is 1. The van der Waals surface area contributed by atoms with Crippen LogP contribution in [0.4, 0.5) is 0 Å². The Kier molecular flexibility index (Phi) is 45.4. The molecule has 1 heterocycles. The molecule has 0 aromatic heterocycles. The summed E-state index contributed by atoms with van der Waals surface area (Å²) in [5.41, 5.74) is 0. The molecule has 1 aliphatic heterocycles. The first-order chi connectivity index (χ1) is 32.4. The standard InChI is InChI=1S/C57H104O9/c1-3-5-7-9-11-13-15-17-19-21-23-24-25-26-27-28-29-30-32-34-36-38-40-42-44-46-53(59)65-51(50-64-57-56(62)55(61)54(60)52(48-58)66-57)49-63-47-45-43-41-39-37-35-33-31-22-20-18-16-14-12-10-8-6-4-2/h12,14-15,17-18,20-21,23,51-52,54-58,60-62H,3-11,13,16,19,22,24-50H2,1-2H3/b14-12-,17-15-,20-18-,23-21-. The highest BCUT2D eigenvalue weighted by Gasteiger charge is 2.44. The first-order valence-corrected chi connectivity index (χ1v) is 27.7. The van der Waals surface area contributed by atoms with Gasteiger partial charge in [-0.15, -0.1) is 0 Å². The summed E-state index contributed by atoms with van der Waals surface area (Å²) < 4.78 is 22.9. The molecule has 0 amide bonds. The predicted molar refractivity (Wildman–Crippen MR) is 275 cm³/mol. The van der Waals surface area contributed by atoms with Gasteiger partial charge >= 0.3 is 5.97 Å². The average molecular weight is 933 g/mol. The van der Waals surface area contributed by atoms with Crippen LogP contribution < -0.4 is 0 Å². The number of ether oxygens (including phenoxy) is 4. The third-order valence-electron chi connectivity index (χ3n) is 12.7. The second kappa shape index (κ2) is 48.2. The number of unbranched alkanes of at least 4 members (excludes halogenated alkanes) is 29. The van der Waals surface area contributed by atoms with E-state index in [9.17, 15) is 25.2 Å². The molecule has 0 aromatic rings. The van der Waals surface area contributed by atoms with Crippen LogP contribution in [-0.2, 0) is 23.7 Å². The monoisotopic (exact) mass is 933 g/mol. The molecule has 66 heavy (non-hydrogen) atoms. The van der Waals surface area contributed by atoms with Crippen molar-refractivity contribution in [2.75, 3.05) is 26.4 Å². The van der Waals surface area contributed by atoms with E-state index < -0.39 is 43.4 Å². The Balaban J connectivity index is 2.16. The molecule has 4 N–H and O–H groups in total. The first kappa shape index (κ1) is 62.2. The number of allylic oxidation sites excluding steroid dienone is 8. The van der Waals surface area contributed by atoms with Crippen LogP contribution in [0, 0.1) is 0 Å². The lowest BCUT2D eigenvalue weighted by atomic mass is 9.99. The number of rotatable bonds is 48. The van der Waals surface area contributed by atoms with E-state index in [4.69, 9.17) is 18.9 Å². The number of aliphatic hydroxyl groups excluding tert-OH is 4. The number of carbonyl (C=O) groups excluding carboxylic acids is 1. The molecule has 1 aliphatic rings. The van der Waals surface area contributed by atoms with Gasteiger partial charge in [0.15, 0.2) is 6.29 Å². The summed E-state index contributed by atoms with van der Waals surface area (Å²) in [5, 5.41) is 40.3. The summed E-state index contributed by atoms with van der Waals surface area (Å²) in [5.74, 6) is -0.315. The molecule has 9 nitrogen and oxygen atoms in total. The van der Waals surface area contributed by atoms with E-state index in [1.54, 1.807) is 0 Å². The Labute approximate surface area is 405 Å². The van der Waals surface area contributed by atoms with Gasteiger partial charge in [-0.3, -0.25) is 4.79 Å². The SMILES string of the molecule is CCCCC/C=C\C/C=C\CCCCCCCCCCOCC(COC1OC(CO)C(O)C(O)C1O)OC(=O)CCCCCCCCCCCCCCC/C=C\C/C=C\CCCCCCC. The summed E-state index contributed by atoms with van der Waals surface area (Å²) in [7, 11) is 0. The lowest BCUT2D eigenvalue weighted by Gasteiger charge is -2.39. The number of hydrogen-bond donors (Lipinski definition) is 4. The zero-order chi connectivity index (χ0) is 47.8. The molecule has 0 radical (unpaired) electrons. The lowest BCUT2D eigenvalue weighted by Crippen LogP contribution is -2.59. The summed E-state index contributed by atoms with van der Waals surface area (Å²) in [6, 6.07) is 0. The van der Waals surface area contributed by atoms with Gasteiger partial charge in [0.05, 0.1) is 19.8 Å². The molecule has 0 saturated carbocycles. The Bertz CT molecular complexity index is 1150. The van der Waals surface area contributed by atoms with Crippen LogP contribution in [-0.4, -0.2) is 89.6 Å². The zero-order valence-electron chi connectivity index (χ0n) is 42.7. The van der Waals surface area contributed by atoms with Gasteiger partial charge in [-0.2, -0.15) is 0 Å². The highest BCUT2D eigenvalue weighted by molar-refractivity contribution is 5.69. The molecule has 386 valence electrons. The molecular formula is C57H104O9. The molecule has 0 spiro atoms. The molecule has 6 unspecified atom stereocenters. The fraction of sp³-hybridized carbons (Fsp3) is 0.842. The highest BCUT2D eigenvalue weighted by Crippen LogP contribution is 2.23. The van der Waals surface area contributed by atoms with Crippen molar-refractivity contribution in [2.45, 2.75) is 282 Å². The van der Waals surface area contributed by atoms with Crippen molar-refractivity contribution in [3.05, 3.63) is 48.6 Å². The van der Waals surface area contributed by atoms with Crippen LogP contribution in [0.15, 0.2) is 48.6 Å². The third-order valence-corrected chi connectivity index (χ3v) is 12.7. The van der Waals surface area contributed by atoms with Crippen molar-refractivity contribution in [2.24, 2.45) is 0 Å². The van der Waals surface area contributed by atoms with Crippen molar-refractivity contribution in [3.8, 4) is 0 Å². The molecule has 0 bridgehead atoms. The molecule has 0 aliphatic carbocycles. The smallest absolute Gasteiger partial charge is 0.306 e. The zero-order valence-corrected chi connectivity index (χ0v) is 42.7. The Morgan fingerprint density at radius 3 is 1.33 bits per heavy atom. The fourth-order valence-corrected chi connectivity index (χ4v) is 8.38. The van der Waals surface area contributed by atoms with Crippen molar-refractivity contribution in [3.63, 3.8) is 0 Å². The maximum Gasteiger partial charge on any atom is 0.306 e. The second-order valence-corrected chi connectivity index (χ2v) is 19.0. The Morgan fingerprint density at radius 2 is 0.879 bits per heavy atom. The van der Waals surface area contributed by atoms with Crippen LogP contribution in [0.25, 0.3) is 0 Å². The molecule has 1 rings (SSSR count). The van der Waals surface area contributed by atoms with Crippen molar-refractivity contribution >= 4 is 5.97 Å². The average Bonchev–Trinajstić information content (AvgIpc) is 3.32. The highest BCUT2D eigenvalue weighted by atomic mass is 16.7. The minimum atomic E-state index is -1.54. The summed E-state index contributed by atoms with van der Waals surface area (Å²) in [6.45, 7) is 4.54. The number of aliphatic hydroxyl groups is 4. The summed E-state index contributed by atoms with van der Waals surface area (Å²) >= 11 is 0. The third kappa shape index (κ3) is 38.1. The maximum absolute atomic E-state index is 12.9. The maximum atomic E-state index is 12.9. The van der Waals surface area contributed by atoms with Gasteiger partial charge in [0.2, 0.25) is 0 Å². The van der Waals surface area contributed by atoms with Crippen molar-refractivity contribution < 1.29 is 44.2 Å². The molecule has 9 heteroatoms. The molecule has 1 saturated heterocycles. The molecular weight excluding hydrogens is 829 g/mol. The van der Waals surface area contributed by atoms with E-state index >= 15 is 0 Å². The molecule has 6 atom stereocenters. The van der Waals surface area contributed by atoms with Gasteiger partial charge in [0.1, 0.15) is 30.5 Å². The van der Waals surface area contributed by atoms with E-state index in [0.717, 1.165) is 44.9 Å². The van der Waals surface area contributed by atoms with Crippen molar-refractivity contribution in [1.29, 1.82) is 0 Å². The van der Waals surface area contributed by atoms with E-state index in [-0.39, 0.29) is 19.2 Å². The van der Waals surface area contributed by atoms with E-state index in [1.807, 2.05) is 0 Å². The second-order valence-electron chi connectivity index (χ2n) is 19.0. The van der Waals surface area contributed by atoms with E-state index in [2.05, 4.69) is 62.5 Å². The number of carbonyl (C=O) groups is 1. The van der Waals surface area contributed by atoms with Crippen LogP contribution in [0.1, 0.15) is 245 Å². The van der Waals surface area contributed by atoms with Gasteiger partial charge < -0.3 is 39.4 Å². The van der Waals surface area contributed by atoms with Crippen LogP contribution >= 0.6 is 0 Å². The quantitative estimate of drug-likeness (QED) is 0.0267. The predicted octanol–water partition coefficient (Wildman–Crippen LogP) is 14.0. The minimum absolute atomic E-state index is 0.115. The van der Waals surface area contributed by atoms with Gasteiger partial charge in [0.25, 0.3) is 0 Å². The van der Waals surface area contributed by atoms with Gasteiger partial charge in [-0.1, -0.05) is 210 Å².